The molecule has 2 nitrogen and oxygen atoms in total. The van der Waals surface area contributed by atoms with E-state index >= 15 is 0 Å². The number of aliphatic imine (C=N–C) groups is 1. The average Bonchev–Trinajstić information content (AvgIpc) is 2.61. The Bertz CT molecular complexity index is 762. The first-order chi connectivity index (χ1) is 10.9. The third-order valence-electron chi connectivity index (χ3n) is 4.39. The van der Waals surface area contributed by atoms with Crippen molar-refractivity contribution in [2.75, 3.05) is 6.26 Å². The fourth-order valence-electron chi connectivity index (χ4n) is 3.32. The number of nitrogens with zero attached hydrogens (tertiary/aromatic N) is 1. The van der Waals surface area contributed by atoms with Crippen molar-refractivity contribution in [1.82, 2.24) is 5.32 Å². The van der Waals surface area contributed by atoms with E-state index in [4.69, 9.17) is 4.99 Å². The maximum absolute atomic E-state index is 4.94. The summed E-state index contributed by atoms with van der Waals surface area (Å²) in [6.45, 7) is 0. The lowest BCUT2D eigenvalue weighted by Gasteiger charge is -2.32. The quantitative estimate of drug-likeness (QED) is 0.844. The molecule has 0 fully saturated rings. The average molecular weight is 306 g/mol. The monoisotopic (exact) mass is 306 g/mol. The Morgan fingerprint density at radius 1 is 1.00 bits per heavy atom. The van der Waals surface area contributed by atoms with Crippen molar-refractivity contribution in [2.45, 2.75) is 18.9 Å². The Labute approximate surface area is 135 Å². The highest BCUT2D eigenvalue weighted by atomic mass is 32.2. The van der Waals surface area contributed by atoms with E-state index in [1.54, 1.807) is 11.8 Å². The predicted molar refractivity (Wildman–Crippen MR) is 95.0 cm³/mol. The maximum Gasteiger partial charge on any atom is 0.161 e. The smallest absolute Gasteiger partial charge is 0.161 e. The van der Waals surface area contributed by atoms with Gasteiger partial charge in [-0.05, 0) is 35.8 Å². The highest BCUT2D eigenvalue weighted by Crippen LogP contribution is 2.41. The summed E-state index contributed by atoms with van der Waals surface area (Å²) in [5.41, 5.74) is 6.74. The van der Waals surface area contributed by atoms with Crippen LogP contribution in [-0.4, -0.2) is 11.4 Å². The largest absolute Gasteiger partial charge is 0.334 e. The first-order valence-corrected chi connectivity index (χ1v) is 8.84. The van der Waals surface area contributed by atoms with Crippen molar-refractivity contribution in [3.8, 4) is 0 Å². The normalized spacial score (nSPS) is 19.9. The van der Waals surface area contributed by atoms with E-state index in [2.05, 4.69) is 66.2 Å². The number of rotatable bonds is 1. The lowest BCUT2D eigenvalue weighted by Crippen LogP contribution is -2.29. The van der Waals surface area contributed by atoms with E-state index in [1.807, 2.05) is 0 Å². The summed E-state index contributed by atoms with van der Waals surface area (Å²) in [6.07, 6.45) is 4.25. The summed E-state index contributed by atoms with van der Waals surface area (Å²) < 4.78 is 0. The molecule has 0 amide bonds. The van der Waals surface area contributed by atoms with Gasteiger partial charge in [0.25, 0.3) is 0 Å². The number of benzene rings is 2. The molecule has 0 saturated heterocycles. The first kappa shape index (κ1) is 13.6. The minimum Gasteiger partial charge on any atom is -0.334 e. The lowest BCUT2D eigenvalue weighted by molar-refractivity contribution is 0.741. The van der Waals surface area contributed by atoms with Crippen LogP contribution in [0.2, 0.25) is 0 Å². The summed E-state index contributed by atoms with van der Waals surface area (Å²) in [4.78, 5) is 4.94. The number of nitrogens with one attached hydrogen (secondary N) is 1. The van der Waals surface area contributed by atoms with Crippen molar-refractivity contribution >= 4 is 22.6 Å². The Kier molecular flexibility index (Phi) is 3.51. The highest BCUT2D eigenvalue weighted by Gasteiger charge is 2.29. The van der Waals surface area contributed by atoms with Gasteiger partial charge in [0.1, 0.15) is 6.04 Å². The molecule has 0 radical (unpaired) electrons. The lowest BCUT2D eigenvalue weighted by atomic mass is 9.83. The fraction of sp³-hybridized carbons (Fsp3) is 0.211. The van der Waals surface area contributed by atoms with Crippen molar-refractivity contribution in [3.05, 3.63) is 76.9 Å². The molecule has 1 aliphatic heterocycles. The van der Waals surface area contributed by atoms with E-state index in [9.17, 15) is 0 Å². The SMILES string of the molecule is CSC1=NC(c2ccccc2)C2=C(N1)c1ccccc1CC2. The van der Waals surface area contributed by atoms with Gasteiger partial charge in [0.05, 0.1) is 0 Å². The van der Waals surface area contributed by atoms with E-state index in [1.165, 1.54) is 28.0 Å². The van der Waals surface area contributed by atoms with Gasteiger partial charge in [-0.15, -0.1) is 0 Å². The number of hydrogen-bond acceptors (Lipinski definition) is 3. The van der Waals surface area contributed by atoms with Gasteiger partial charge < -0.3 is 5.32 Å². The molecule has 110 valence electrons. The zero-order valence-corrected chi connectivity index (χ0v) is 13.4. The van der Waals surface area contributed by atoms with Crippen LogP contribution in [0, 0.1) is 0 Å². The van der Waals surface area contributed by atoms with E-state index in [0.29, 0.717) is 0 Å². The Morgan fingerprint density at radius 2 is 1.77 bits per heavy atom. The van der Waals surface area contributed by atoms with Crippen LogP contribution < -0.4 is 5.32 Å². The minimum atomic E-state index is 0.147. The zero-order valence-electron chi connectivity index (χ0n) is 12.5. The van der Waals surface area contributed by atoms with E-state index in [0.717, 1.165) is 18.0 Å². The first-order valence-electron chi connectivity index (χ1n) is 7.62. The van der Waals surface area contributed by atoms with Gasteiger partial charge in [-0.3, -0.25) is 0 Å². The van der Waals surface area contributed by atoms with Gasteiger partial charge in [0.2, 0.25) is 0 Å². The predicted octanol–water partition coefficient (Wildman–Crippen LogP) is 4.41. The minimum absolute atomic E-state index is 0.147. The van der Waals surface area contributed by atoms with Crippen LogP contribution >= 0.6 is 11.8 Å². The summed E-state index contributed by atoms with van der Waals surface area (Å²) >= 11 is 1.68. The highest BCUT2D eigenvalue weighted by molar-refractivity contribution is 8.13. The van der Waals surface area contributed by atoms with Gasteiger partial charge in [0.15, 0.2) is 5.17 Å². The van der Waals surface area contributed by atoms with E-state index in [-0.39, 0.29) is 6.04 Å². The Hall–Kier alpha value is -2.00. The summed E-state index contributed by atoms with van der Waals surface area (Å²) in [6, 6.07) is 19.5. The third kappa shape index (κ3) is 2.26. The topological polar surface area (TPSA) is 24.4 Å². The van der Waals surface area contributed by atoms with Crippen LogP contribution in [0.25, 0.3) is 5.70 Å². The van der Waals surface area contributed by atoms with Crippen molar-refractivity contribution in [2.24, 2.45) is 4.99 Å². The molecule has 2 aliphatic rings. The number of fused-ring (bicyclic) bond motifs is 2. The third-order valence-corrected chi connectivity index (χ3v) is 4.98. The van der Waals surface area contributed by atoms with Gasteiger partial charge in [-0.2, -0.15) is 0 Å². The van der Waals surface area contributed by atoms with Crippen LogP contribution in [0.15, 0.2) is 65.2 Å². The molecule has 0 saturated carbocycles. The summed E-state index contributed by atoms with van der Waals surface area (Å²) in [5.74, 6) is 0. The van der Waals surface area contributed by atoms with Crippen LogP contribution in [0.3, 0.4) is 0 Å². The number of aryl methyl sites for hydroxylation is 1. The van der Waals surface area contributed by atoms with Crippen molar-refractivity contribution < 1.29 is 0 Å². The second kappa shape index (κ2) is 5.65. The van der Waals surface area contributed by atoms with E-state index < -0.39 is 0 Å². The van der Waals surface area contributed by atoms with Gasteiger partial charge in [-0.1, -0.05) is 66.4 Å². The van der Waals surface area contributed by atoms with Crippen LogP contribution in [0.1, 0.15) is 29.2 Å². The molecule has 0 spiro atoms. The van der Waals surface area contributed by atoms with Crippen molar-refractivity contribution in [1.29, 1.82) is 0 Å². The Morgan fingerprint density at radius 3 is 2.59 bits per heavy atom. The Balaban J connectivity index is 1.86. The van der Waals surface area contributed by atoms with Crippen LogP contribution in [-0.2, 0) is 6.42 Å². The number of hydrogen-bond donors (Lipinski definition) is 1. The molecular weight excluding hydrogens is 288 g/mol. The zero-order chi connectivity index (χ0) is 14.9. The number of thioether (sulfide) groups is 1. The standard InChI is InChI=1S/C19H18N2S/c1-22-19-20-17(14-8-3-2-4-9-14)16-12-11-13-7-5-6-10-15(13)18(16)21-19/h2-10,17H,11-12H2,1H3,(H,20,21). The van der Waals surface area contributed by atoms with Crippen molar-refractivity contribution in [3.63, 3.8) is 0 Å². The second-order valence-corrected chi connectivity index (χ2v) is 6.43. The molecule has 4 rings (SSSR count). The van der Waals surface area contributed by atoms with Gasteiger partial charge >= 0.3 is 0 Å². The molecule has 1 atom stereocenters. The van der Waals surface area contributed by atoms with Crippen LogP contribution in [0.4, 0.5) is 0 Å². The molecule has 1 N–H and O–H groups in total. The summed E-state index contributed by atoms with van der Waals surface area (Å²) in [5, 5.41) is 4.56. The molecule has 1 unspecified atom stereocenters. The van der Waals surface area contributed by atoms with Crippen LogP contribution in [0.5, 0.6) is 0 Å². The molecule has 3 heteroatoms. The maximum atomic E-state index is 4.94. The molecule has 2 aromatic rings. The molecule has 0 bridgehead atoms. The molecule has 1 aliphatic carbocycles. The molecule has 22 heavy (non-hydrogen) atoms. The van der Waals surface area contributed by atoms with Gasteiger partial charge in [-0.25, -0.2) is 4.99 Å². The molecule has 1 heterocycles. The fourth-order valence-corrected chi connectivity index (χ4v) is 3.73. The summed E-state index contributed by atoms with van der Waals surface area (Å²) in [7, 11) is 0. The second-order valence-electron chi connectivity index (χ2n) is 5.63. The molecule has 0 aromatic heterocycles. The van der Waals surface area contributed by atoms with Gasteiger partial charge in [0, 0.05) is 11.3 Å². The number of amidine groups is 1. The molecule has 2 aromatic carbocycles. The molecular formula is C19H18N2S.